The summed E-state index contributed by atoms with van der Waals surface area (Å²) >= 11 is 5.92. The number of benzene rings is 1. The molecule has 0 aliphatic carbocycles. The third-order valence-electron chi connectivity index (χ3n) is 2.99. The molecule has 4 nitrogen and oxygen atoms in total. The minimum Gasteiger partial charge on any atom is -0.489 e. The molecule has 19 heavy (non-hydrogen) atoms. The van der Waals surface area contributed by atoms with E-state index in [-0.39, 0.29) is 12.1 Å². The van der Waals surface area contributed by atoms with Crippen LogP contribution in [-0.4, -0.2) is 15.9 Å². The molecule has 1 aromatic carbocycles. The summed E-state index contributed by atoms with van der Waals surface area (Å²) in [5, 5.41) is 4.87. The predicted molar refractivity (Wildman–Crippen MR) is 76.4 cm³/mol. The molecule has 102 valence electrons. The monoisotopic (exact) mass is 279 g/mol. The molecule has 2 atom stereocenters. The summed E-state index contributed by atoms with van der Waals surface area (Å²) in [5.74, 6) is 0.721. The zero-order valence-electron chi connectivity index (χ0n) is 11.1. The van der Waals surface area contributed by atoms with Gasteiger partial charge in [-0.3, -0.25) is 4.68 Å². The van der Waals surface area contributed by atoms with Crippen molar-refractivity contribution < 1.29 is 4.74 Å². The summed E-state index contributed by atoms with van der Waals surface area (Å²) in [5.41, 5.74) is 7.15. The Labute approximate surface area is 118 Å². The topological polar surface area (TPSA) is 53.1 Å². The smallest absolute Gasteiger partial charge is 0.121 e. The Hall–Kier alpha value is -1.52. The van der Waals surface area contributed by atoms with Crippen LogP contribution in [0.5, 0.6) is 5.75 Å². The zero-order chi connectivity index (χ0) is 13.8. The highest BCUT2D eigenvalue weighted by Gasteiger charge is 2.18. The Kier molecular flexibility index (Phi) is 4.45. The van der Waals surface area contributed by atoms with Gasteiger partial charge in [-0.15, -0.1) is 0 Å². The van der Waals surface area contributed by atoms with Crippen LogP contribution in [0.25, 0.3) is 0 Å². The Bertz CT molecular complexity index is 541. The molecule has 0 spiro atoms. The number of nitrogens with zero attached hydrogens (tertiary/aromatic N) is 2. The van der Waals surface area contributed by atoms with Gasteiger partial charge in [0.25, 0.3) is 0 Å². The Balaban J connectivity index is 2.04. The fraction of sp³-hybridized carbons (Fsp3) is 0.357. The quantitative estimate of drug-likeness (QED) is 0.915. The Morgan fingerprint density at radius 2 is 2.26 bits per heavy atom. The van der Waals surface area contributed by atoms with Crippen molar-refractivity contribution in [3.63, 3.8) is 0 Å². The van der Waals surface area contributed by atoms with Crippen molar-refractivity contribution in [2.75, 3.05) is 0 Å². The van der Waals surface area contributed by atoms with E-state index in [1.165, 1.54) is 0 Å². The van der Waals surface area contributed by atoms with Crippen molar-refractivity contribution in [2.24, 2.45) is 5.73 Å². The van der Waals surface area contributed by atoms with Crippen LogP contribution in [0.2, 0.25) is 5.02 Å². The molecule has 0 saturated heterocycles. The van der Waals surface area contributed by atoms with E-state index in [2.05, 4.69) is 5.10 Å². The highest BCUT2D eigenvalue weighted by molar-refractivity contribution is 6.30. The van der Waals surface area contributed by atoms with Crippen LogP contribution in [-0.2, 0) is 6.54 Å². The summed E-state index contributed by atoms with van der Waals surface area (Å²) in [6.07, 6.45) is 3.57. The summed E-state index contributed by atoms with van der Waals surface area (Å²) in [7, 11) is 0. The number of hydrogen-bond acceptors (Lipinski definition) is 3. The van der Waals surface area contributed by atoms with Crippen LogP contribution < -0.4 is 10.5 Å². The van der Waals surface area contributed by atoms with E-state index in [0.29, 0.717) is 5.02 Å². The fourth-order valence-corrected chi connectivity index (χ4v) is 2.00. The third-order valence-corrected chi connectivity index (χ3v) is 3.22. The van der Waals surface area contributed by atoms with Crippen LogP contribution in [0.4, 0.5) is 0 Å². The van der Waals surface area contributed by atoms with E-state index >= 15 is 0 Å². The normalized spacial score (nSPS) is 14.1. The van der Waals surface area contributed by atoms with E-state index < -0.39 is 0 Å². The van der Waals surface area contributed by atoms with Gasteiger partial charge in [-0.2, -0.15) is 5.10 Å². The summed E-state index contributed by atoms with van der Waals surface area (Å²) < 4.78 is 7.66. The van der Waals surface area contributed by atoms with Gasteiger partial charge in [0, 0.05) is 23.3 Å². The summed E-state index contributed by atoms with van der Waals surface area (Å²) in [6.45, 7) is 4.80. The zero-order valence-corrected chi connectivity index (χ0v) is 11.8. The maximum absolute atomic E-state index is 6.18. The van der Waals surface area contributed by atoms with E-state index in [0.717, 1.165) is 17.9 Å². The van der Waals surface area contributed by atoms with E-state index in [4.69, 9.17) is 22.1 Å². The van der Waals surface area contributed by atoms with Crippen molar-refractivity contribution in [1.29, 1.82) is 0 Å². The molecule has 2 N–H and O–H groups in total. The van der Waals surface area contributed by atoms with Crippen LogP contribution in [0, 0.1) is 0 Å². The summed E-state index contributed by atoms with van der Waals surface area (Å²) in [4.78, 5) is 0. The molecule has 0 aliphatic heterocycles. The second kappa shape index (κ2) is 6.08. The summed E-state index contributed by atoms with van der Waals surface area (Å²) in [6, 6.07) is 7.08. The molecule has 1 aromatic heterocycles. The molecular weight excluding hydrogens is 262 g/mol. The maximum Gasteiger partial charge on any atom is 0.121 e. The van der Waals surface area contributed by atoms with E-state index in [1.54, 1.807) is 12.3 Å². The molecule has 1 heterocycles. The standard InChI is InChI=1S/C14H18ClN3O/c1-3-18-9-11(8-17-18)14(16)10(2)19-13-6-4-5-12(15)7-13/h4-10,14H,3,16H2,1-2H3. The first-order valence-corrected chi connectivity index (χ1v) is 6.68. The van der Waals surface area contributed by atoms with Gasteiger partial charge < -0.3 is 10.5 Å². The van der Waals surface area contributed by atoms with Gasteiger partial charge in [0.2, 0.25) is 0 Å². The highest BCUT2D eigenvalue weighted by Crippen LogP contribution is 2.22. The lowest BCUT2D eigenvalue weighted by Gasteiger charge is -2.20. The molecule has 2 rings (SSSR count). The third kappa shape index (κ3) is 3.49. The van der Waals surface area contributed by atoms with Gasteiger partial charge in [-0.05, 0) is 32.0 Å². The molecule has 5 heteroatoms. The number of nitrogens with two attached hydrogens (primary N) is 1. The maximum atomic E-state index is 6.18. The number of hydrogen-bond donors (Lipinski definition) is 1. The molecule has 2 unspecified atom stereocenters. The minimum absolute atomic E-state index is 0.159. The average molecular weight is 280 g/mol. The van der Waals surface area contributed by atoms with Crippen LogP contribution in [0.1, 0.15) is 25.5 Å². The lowest BCUT2D eigenvalue weighted by Crippen LogP contribution is -2.28. The Morgan fingerprint density at radius 3 is 2.89 bits per heavy atom. The molecule has 0 amide bonds. The van der Waals surface area contributed by atoms with Crippen molar-refractivity contribution in [1.82, 2.24) is 9.78 Å². The largest absolute Gasteiger partial charge is 0.489 e. The van der Waals surface area contributed by atoms with Gasteiger partial charge in [-0.25, -0.2) is 0 Å². The van der Waals surface area contributed by atoms with Gasteiger partial charge >= 0.3 is 0 Å². The molecule has 0 bridgehead atoms. The first-order chi connectivity index (χ1) is 9.10. The lowest BCUT2D eigenvalue weighted by molar-refractivity contribution is 0.190. The average Bonchev–Trinajstić information content (AvgIpc) is 2.86. The van der Waals surface area contributed by atoms with Crippen LogP contribution >= 0.6 is 11.6 Å². The van der Waals surface area contributed by atoms with E-state index in [9.17, 15) is 0 Å². The minimum atomic E-state index is -0.223. The number of halogens is 1. The van der Waals surface area contributed by atoms with Crippen molar-refractivity contribution in [2.45, 2.75) is 32.5 Å². The molecule has 2 aromatic rings. The van der Waals surface area contributed by atoms with Crippen molar-refractivity contribution in [3.05, 3.63) is 47.2 Å². The molecular formula is C14H18ClN3O. The molecule has 0 fully saturated rings. The lowest BCUT2D eigenvalue weighted by atomic mass is 10.1. The second-order valence-electron chi connectivity index (χ2n) is 4.44. The first-order valence-electron chi connectivity index (χ1n) is 6.30. The van der Waals surface area contributed by atoms with Crippen molar-refractivity contribution >= 4 is 11.6 Å². The van der Waals surface area contributed by atoms with Crippen LogP contribution in [0.15, 0.2) is 36.7 Å². The number of rotatable bonds is 5. The van der Waals surface area contributed by atoms with Gasteiger partial charge in [0.1, 0.15) is 11.9 Å². The van der Waals surface area contributed by atoms with Gasteiger partial charge in [-0.1, -0.05) is 17.7 Å². The molecule has 0 radical (unpaired) electrons. The Morgan fingerprint density at radius 1 is 1.47 bits per heavy atom. The van der Waals surface area contributed by atoms with Gasteiger partial charge in [0.15, 0.2) is 0 Å². The molecule has 0 aliphatic rings. The fourth-order valence-electron chi connectivity index (χ4n) is 1.82. The number of aryl methyl sites for hydroxylation is 1. The first kappa shape index (κ1) is 13.9. The van der Waals surface area contributed by atoms with Crippen molar-refractivity contribution in [3.8, 4) is 5.75 Å². The second-order valence-corrected chi connectivity index (χ2v) is 4.87. The highest BCUT2D eigenvalue weighted by atomic mass is 35.5. The van der Waals surface area contributed by atoms with Gasteiger partial charge in [0.05, 0.1) is 12.2 Å². The predicted octanol–water partition coefficient (Wildman–Crippen LogP) is 3.02. The molecule has 0 saturated carbocycles. The number of aromatic nitrogens is 2. The van der Waals surface area contributed by atoms with Crippen LogP contribution in [0.3, 0.4) is 0 Å². The van der Waals surface area contributed by atoms with E-state index in [1.807, 2.05) is 42.9 Å². The SMILES string of the molecule is CCn1cc(C(N)C(C)Oc2cccc(Cl)c2)cn1. The number of ether oxygens (including phenoxy) is 1.